The Morgan fingerprint density at radius 2 is 1.91 bits per heavy atom. The van der Waals surface area contributed by atoms with E-state index in [1.54, 1.807) is 49.8 Å². The summed E-state index contributed by atoms with van der Waals surface area (Å²) in [5, 5.41) is 12.4. The molecule has 0 atom stereocenters. The van der Waals surface area contributed by atoms with E-state index in [0.717, 1.165) is 5.56 Å². The van der Waals surface area contributed by atoms with Gasteiger partial charge in [0.15, 0.2) is 0 Å². The SMILES string of the molecule is COCCOc1cc(C#N)ccc1CONC(=O)c1ccccc1NCc1ccncc1. The molecule has 0 aliphatic carbocycles. The summed E-state index contributed by atoms with van der Waals surface area (Å²) in [6.45, 7) is 1.38. The molecule has 8 heteroatoms. The minimum absolute atomic E-state index is 0.0758. The molecule has 32 heavy (non-hydrogen) atoms. The van der Waals surface area contributed by atoms with Crippen molar-refractivity contribution in [3.63, 3.8) is 0 Å². The van der Waals surface area contributed by atoms with E-state index in [1.807, 2.05) is 24.3 Å². The van der Waals surface area contributed by atoms with E-state index < -0.39 is 0 Å². The van der Waals surface area contributed by atoms with Crippen LogP contribution in [-0.2, 0) is 22.7 Å². The molecule has 164 valence electrons. The molecule has 0 spiro atoms. The van der Waals surface area contributed by atoms with Crippen molar-refractivity contribution < 1.29 is 19.1 Å². The van der Waals surface area contributed by atoms with Gasteiger partial charge in [0.1, 0.15) is 19.0 Å². The van der Waals surface area contributed by atoms with Crippen molar-refractivity contribution in [1.29, 1.82) is 5.26 Å². The molecule has 0 fully saturated rings. The maximum atomic E-state index is 12.7. The van der Waals surface area contributed by atoms with Gasteiger partial charge in [0.25, 0.3) is 5.91 Å². The monoisotopic (exact) mass is 432 g/mol. The highest BCUT2D eigenvalue weighted by molar-refractivity contribution is 5.99. The fourth-order valence-corrected chi connectivity index (χ4v) is 2.88. The highest BCUT2D eigenvalue weighted by atomic mass is 16.7. The fourth-order valence-electron chi connectivity index (χ4n) is 2.88. The molecule has 0 saturated carbocycles. The standard InChI is InChI=1S/C24H24N4O4/c1-30-12-13-31-23-14-19(15-25)6-7-20(23)17-32-28-24(29)21-4-2-3-5-22(21)27-16-18-8-10-26-11-9-18/h2-11,14,27H,12-13,16-17H2,1H3,(H,28,29). The Labute approximate surface area is 186 Å². The number of hydroxylamine groups is 1. The number of hydrogen-bond acceptors (Lipinski definition) is 7. The first kappa shape index (κ1) is 22.7. The summed E-state index contributed by atoms with van der Waals surface area (Å²) >= 11 is 0. The Kier molecular flexibility index (Phi) is 8.57. The molecule has 0 bridgehead atoms. The second kappa shape index (κ2) is 12.1. The summed E-state index contributed by atoms with van der Waals surface area (Å²) in [6.07, 6.45) is 3.44. The number of benzene rings is 2. The molecular formula is C24H24N4O4. The van der Waals surface area contributed by atoms with Crippen molar-refractivity contribution in [3.05, 3.63) is 89.2 Å². The number of rotatable bonds is 11. The molecule has 1 amide bonds. The number of hydrogen-bond donors (Lipinski definition) is 2. The maximum Gasteiger partial charge on any atom is 0.276 e. The van der Waals surface area contributed by atoms with Crippen molar-refractivity contribution in [3.8, 4) is 11.8 Å². The van der Waals surface area contributed by atoms with Crippen LogP contribution in [0.2, 0.25) is 0 Å². The van der Waals surface area contributed by atoms with E-state index in [1.165, 1.54) is 0 Å². The van der Waals surface area contributed by atoms with Crippen LogP contribution < -0.4 is 15.5 Å². The van der Waals surface area contributed by atoms with Gasteiger partial charge < -0.3 is 14.8 Å². The lowest BCUT2D eigenvalue weighted by atomic mass is 10.1. The predicted molar refractivity (Wildman–Crippen MR) is 119 cm³/mol. The lowest BCUT2D eigenvalue weighted by Crippen LogP contribution is -2.24. The van der Waals surface area contributed by atoms with E-state index in [2.05, 4.69) is 21.9 Å². The van der Waals surface area contributed by atoms with Crippen molar-refractivity contribution >= 4 is 11.6 Å². The third-order valence-corrected chi connectivity index (χ3v) is 4.54. The number of carbonyl (C=O) groups is 1. The number of aromatic nitrogens is 1. The largest absolute Gasteiger partial charge is 0.491 e. The molecule has 0 aliphatic rings. The molecule has 2 aromatic carbocycles. The predicted octanol–water partition coefficient (Wildman–Crippen LogP) is 3.45. The smallest absolute Gasteiger partial charge is 0.276 e. The minimum Gasteiger partial charge on any atom is -0.491 e. The molecule has 8 nitrogen and oxygen atoms in total. The second-order valence-corrected chi connectivity index (χ2v) is 6.75. The van der Waals surface area contributed by atoms with Crippen LogP contribution >= 0.6 is 0 Å². The van der Waals surface area contributed by atoms with Crippen LogP contribution in [0.4, 0.5) is 5.69 Å². The van der Waals surface area contributed by atoms with Crippen LogP contribution in [0.15, 0.2) is 67.0 Å². The van der Waals surface area contributed by atoms with E-state index >= 15 is 0 Å². The van der Waals surface area contributed by atoms with E-state index in [4.69, 9.17) is 19.6 Å². The molecule has 0 aliphatic heterocycles. The lowest BCUT2D eigenvalue weighted by Gasteiger charge is -2.14. The fraction of sp³-hybridized carbons (Fsp3) is 0.208. The third kappa shape index (κ3) is 6.54. The topological polar surface area (TPSA) is 106 Å². The van der Waals surface area contributed by atoms with Gasteiger partial charge in [-0.2, -0.15) is 5.26 Å². The van der Waals surface area contributed by atoms with Gasteiger partial charge in [-0.15, -0.1) is 0 Å². The normalized spacial score (nSPS) is 10.2. The van der Waals surface area contributed by atoms with Gasteiger partial charge in [-0.25, -0.2) is 5.48 Å². The first-order chi connectivity index (χ1) is 15.7. The van der Waals surface area contributed by atoms with Gasteiger partial charge in [-0.3, -0.25) is 14.6 Å². The Morgan fingerprint density at radius 3 is 2.69 bits per heavy atom. The average molecular weight is 432 g/mol. The summed E-state index contributed by atoms with van der Waals surface area (Å²) in [7, 11) is 1.58. The first-order valence-electron chi connectivity index (χ1n) is 10.00. The van der Waals surface area contributed by atoms with Gasteiger partial charge >= 0.3 is 0 Å². The summed E-state index contributed by atoms with van der Waals surface area (Å²) in [6, 6.07) is 18.1. The van der Waals surface area contributed by atoms with Gasteiger partial charge in [-0.1, -0.05) is 18.2 Å². The zero-order valence-electron chi connectivity index (χ0n) is 17.7. The maximum absolute atomic E-state index is 12.7. The van der Waals surface area contributed by atoms with Crippen molar-refractivity contribution in [2.75, 3.05) is 25.6 Å². The highest BCUT2D eigenvalue weighted by Crippen LogP contribution is 2.21. The Balaban J connectivity index is 1.60. The number of carbonyl (C=O) groups excluding carboxylic acids is 1. The van der Waals surface area contributed by atoms with Crippen molar-refractivity contribution in [1.82, 2.24) is 10.5 Å². The third-order valence-electron chi connectivity index (χ3n) is 4.54. The molecule has 0 unspecified atom stereocenters. The van der Waals surface area contributed by atoms with Crippen LogP contribution in [0.25, 0.3) is 0 Å². The van der Waals surface area contributed by atoms with Crippen LogP contribution in [0.3, 0.4) is 0 Å². The number of nitrogens with one attached hydrogen (secondary N) is 2. The first-order valence-corrected chi connectivity index (χ1v) is 10.00. The number of para-hydroxylation sites is 1. The molecule has 1 aromatic heterocycles. The number of methoxy groups -OCH3 is 1. The second-order valence-electron chi connectivity index (χ2n) is 6.75. The number of nitrogens with zero attached hydrogens (tertiary/aromatic N) is 2. The average Bonchev–Trinajstić information content (AvgIpc) is 2.84. The number of ether oxygens (including phenoxy) is 2. The number of nitriles is 1. The van der Waals surface area contributed by atoms with Crippen LogP contribution in [0, 0.1) is 11.3 Å². The van der Waals surface area contributed by atoms with E-state index in [0.29, 0.717) is 47.9 Å². The summed E-state index contributed by atoms with van der Waals surface area (Å²) < 4.78 is 10.7. The van der Waals surface area contributed by atoms with Gasteiger partial charge in [-0.05, 0) is 42.0 Å². The van der Waals surface area contributed by atoms with Crippen LogP contribution in [0.1, 0.15) is 27.0 Å². The summed E-state index contributed by atoms with van der Waals surface area (Å²) in [5.41, 5.74) is 5.84. The molecule has 3 aromatic rings. The number of anilines is 1. The van der Waals surface area contributed by atoms with E-state index in [-0.39, 0.29) is 12.5 Å². The van der Waals surface area contributed by atoms with Crippen molar-refractivity contribution in [2.24, 2.45) is 0 Å². The molecular weight excluding hydrogens is 408 g/mol. The zero-order chi connectivity index (χ0) is 22.6. The zero-order valence-corrected chi connectivity index (χ0v) is 17.7. The van der Waals surface area contributed by atoms with Gasteiger partial charge in [0.2, 0.25) is 0 Å². The number of pyridine rings is 1. The van der Waals surface area contributed by atoms with E-state index in [9.17, 15) is 4.79 Å². The minimum atomic E-state index is -0.377. The highest BCUT2D eigenvalue weighted by Gasteiger charge is 2.12. The molecule has 0 saturated heterocycles. The van der Waals surface area contributed by atoms with Crippen LogP contribution in [-0.4, -0.2) is 31.2 Å². The Morgan fingerprint density at radius 1 is 1.09 bits per heavy atom. The van der Waals surface area contributed by atoms with Gasteiger partial charge in [0, 0.05) is 37.3 Å². The Bertz CT molecular complexity index is 1070. The summed E-state index contributed by atoms with van der Waals surface area (Å²) in [4.78, 5) is 22.1. The van der Waals surface area contributed by atoms with Crippen molar-refractivity contribution in [2.45, 2.75) is 13.2 Å². The lowest BCUT2D eigenvalue weighted by molar-refractivity contribution is 0.0224. The molecule has 0 radical (unpaired) electrons. The van der Waals surface area contributed by atoms with Crippen LogP contribution in [0.5, 0.6) is 5.75 Å². The number of amides is 1. The molecule has 3 rings (SSSR count). The Hall–Kier alpha value is -3.93. The molecule has 1 heterocycles. The molecule has 2 N–H and O–H groups in total. The van der Waals surface area contributed by atoms with Gasteiger partial charge in [0.05, 0.1) is 23.8 Å². The quantitative estimate of drug-likeness (QED) is 0.353. The summed E-state index contributed by atoms with van der Waals surface area (Å²) in [5.74, 6) is 0.132.